The van der Waals surface area contributed by atoms with E-state index in [0.29, 0.717) is 5.88 Å². The van der Waals surface area contributed by atoms with Gasteiger partial charge in [-0.05, 0) is 40.6 Å². The van der Waals surface area contributed by atoms with Crippen molar-refractivity contribution in [2.45, 2.75) is 12.8 Å². The lowest BCUT2D eigenvalue weighted by Crippen LogP contribution is -1.88. The minimum atomic E-state index is 0.546. The van der Waals surface area contributed by atoms with Gasteiger partial charge >= 0.3 is 0 Å². The predicted molar refractivity (Wildman–Crippen MR) is 51.2 cm³/mol. The Morgan fingerprint density at radius 3 is 2.90 bits per heavy atom. The molecule has 1 nitrogen and oxygen atoms in total. The first kappa shape index (κ1) is 8.27. The Kier molecular flexibility index (Phi) is 2.92. The molecule has 1 aromatic heterocycles. The summed E-state index contributed by atoms with van der Waals surface area (Å²) in [6.07, 6.45) is 1.81. The summed E-state index contributed by atoms with van der Waals surface area (Å²) >= 11 is 7.81. The molecular weight excluding hydrogens is 260 g/mol. The number of nitrogens with zero attached hydrogens (tertiary/aromatic N) is 1. The van der Waals surface area contributed by atoms with Gasteiger partial charge in [0.05, 0.1) is 0 Å². The van der Waals surface area contributed by atoms with Crippen molar-refractivity contribution < 1.29 is 0 Å². The zero-order chi connectivity index (χ0) is 7.56. The Morgan fingerprint density at radius 1 is 1.70 bits per heavy atom. The second kappa shape index (κ2) is 3.53. The van der Waals surface area contributed by atoms with Crippen LogP contribution in [0.3, 0.4) is 0 Å². The molecule has 0 aromatic carbocycles. The first-order chi connectivity index (χ1) is 4.74. The standard InChI is InChI=1S/C7H7ClIN/c1-5-2-6(3-8)4-10-7(5)9/h2,4H,3H2,1H3. The molecule has 0 amide bonds. The van der Waals surface area contributed by atoms with Crippen LogP contribution in [-0.4, -0.2) is 4.98 Å². The summed E-state index contributed by atoms with van der Waals surface area (Å²) in [4.78, 5) is 4.15. The third-order valence-corrected chi connectivity index (χ3v) is 2.66. The largest absolute Gasteiger partial charge is 0.250 e. The van der Waals surface area contributed by atoms with E-state index >= 15 is 0 Å². The molecule has 0 aliphatic heterocycles. The first-order valence-corrected chi connectivity index (χ1v) is 4.52. The summed E-state index contributed by atoms with van der Waals surface area (Å²) in [6.45, 7) is 2.03. The molecule has 0 aliphatic rings. The van der Waals surface area contributed by atoms with Crippen LogP contribution in [-0.2, 0) is 5.88 Å². The van der Waals surface area contributed by atoms with Crippen LogP contribution < -0.4 is 0 Å². The van der Waals surface area contributed by atoms with Gasteiger partial charge in [-0.15, -0.1) is 11.6 Å². The number of hydrogen-bond acceptors (Lipinski definition) is 1. The van der Waals surface area contributed by atoms with Crippen LogP contribution in [0.1, 0.15) is 11.1 Å². The lowest BCUT2D eigenvalue weighted by Gasteiger charge is -1.98. The summed E-state index contributed by atoms with van der Waals surface area (Å²) in [5.41, 5.74) is 2.28. The molecule has 0 saturated heterocycles. The molecule has 1 rings (SSSR count). The molecule has 0 spiro atoms. The Balaban J connectivity index is 3.04. The highest BCUT2D eigenvalue weighted by atomic mass is 127. The predicted octanol–water partition coefficient (Wildman–Crippen LogP) is 2.73. The van der Waals surface area contributed by atoms with Crippen LogP contribution in [0.4, 0.5) is 0 Å². The van der Waals surface area contributed by atoms with Crippen molar-refractivity contribution in [3.63, 3.8) is 0 Å². The number of rotatable bonds is 1. The number of aromatic nitrogens is 1. The molecule has 0 saturated carbocycles. The van der Waals surface area contributed by atoms with Gasteiger partial charge in [-0.2, -0.15) is 0 Å². The van der Waals surface area contributed by atoms with Crippen LogP contribution in [0.15, 0.2) is 12.3 Å². The van der Waals surface area contributed by atoms with Gasteiger partial charge in [-0.25, -0.2) is 4.98 Å². The number of pyridine rings is 1. The SMILES string of the molecule is Cc1cc(CCl)cnc1I. The molecule has 0 radical (unpaired) electrons. The van der Waals surface area contributed by atoms with Crippen molar-refractivity contribution in [3.05, 3.63) is 27.1 Å². The van der Waals surface area contributed by atoms with Crippen LogP contribution >= 0.6 is 34.2 Å². The number of halogens is 2. The average Bonchev–Trinajstić information content (AvgIpc) is 1.95. The summed E-state index contributed by atoms with van der Waals surface area (Å²) in [5.74, 6) is 0.546. The number of aryl methyl sites for hydroxylation is 1. The molecule has 0 aliphatic carbocycles. The molecule has 0 atom stereocenters. The maximum absolute atomic E-state index is 5.61. The van der Waals surface area contributed by atoms with Crippen molar-refractivity contribution >= 4 is 34.2 Å². The van der Waals surface area contributed by atoms with Crippen molar-refractivity contribution in [2.24, 2.45) is 0 Å². The molecule has 3 heteroatoms. The highest BCUT2D eigenvalue weighted by Gasteiger charge is 1.95. The quantitative estimate of drug-likeness (QED) is 0.433. The highest BCUT2D eigenvalue weighted by molar-refractivity contribution is 14.1. The molecule has 54 valence electrons. The van der Waals surface area contributed by atoms with Crippen molar-refractivity contribution in [1.29, 1.82) is 0 Å². The second-order valence-corrected chi connectivity index (χ2v) is 3.37. The van der Waals surface area contributed by atoms with Crippen LogP contribution in [0, 0.1) is 10.6 Å². The lowest BCUT2D eigenvalue weighted by atomic mass is 10.2. The fourth-order valence-electron chi connectivity index (χ4n) is 0.689. The van der Waals surface area contributed by atoms with Gasteiger partial charge in [0.15, 0.2) is 0 Å². The maximum Gasteiger partial charge on any atom is 0.104 e. The van der Waals surface area contributed by atoms with Crippen LogP contribution in [0.5, 0.6) is 0 Å². The Hall–Kier alpha value is 0.170. The highest BCUT2D eigenvalue weighted by Crippen LogP contribution is 2.10. The smallest absolute Gasteiger partial charge is 0.104 e. The van der Waals surface area contributed by atoms with Crippen LogP contribution in [0.2, 0.25) is 0 Å². The molecule has 10 heavy (non-hydrogen) atoms. The number of alkyl halides is 1. The normalized spacial score (nSPS) is 9.90. The van der Waals surface area contributed by atoms with Gasteiger partial charge in [0.1, 0.15) is 3.70 Å². The second-order valence-electron chi connectivity index (χ2n) is 2.08. The van der Waals surface area contributed by atoms with Crippen LogP contribution in [0.25, 0.3) is 0 Å². The van der Waals surface area contributed by atoms with Crippen molar-refractivity contribution in [3.8, 4) is 0 Å². The maximum atomic E-state index is 5.61. The summed E-state index contributed by atoms with van der Waals surface area (Å²) < 4.78 is 1.05. The van der Waals surface area contributed by atoms with Gasteiger partial charge < -0.3 is 0 Å². The van der Waals surface area contributed by atoms with E-state index in [-0.39, 0.29) is 0 Å². The van der Waals surface area contributed by atoms with E-state index < -0.39 is 0 Å². The van der Waals surface area contributed by atoms with Gasteiger partial charge in [-0.1, -0.05) is 6.07 Å². The molecule has 0 bridgehead atoms. The van der Waals surface area contributed by atoms with E-state index in [1.165, 1.54) is 5.56 Å². The summed E-state index contributed by atoms with van der Waals surface area (Å²) in [5, 5.41) is 0. The van der Waals surface area contributed by atoms with E-state index in [1.807, 2.05) is 13.1 Å². The van der Waals surface area contributed by atoms with Crippen molar-refractivity contribution in [1.82, 2.24) is 4.98 Å². The third kappa shape index (κ3) is 1.83. The zero-order valence-corrected chi connectivity index (χ0v) is 8.48. The monoisotopic (exact) mass is 267 g/mol. The van der Waals surface area contributed by atoms with E-state index in [4.69, 9.17) is 11.6 Å². The van der Waals surface area contributed by atoms with E-state index in [9.17, 15) is 0 Å². The average molecular weight is 267 g/mol. The zero-order valence-electron chi connectivity index (χ0n) is 5.56. The fraction of sp³-hybridized carbons (Fsp3) is 0.286. The Morgan fingerprint density at radius 2 is 2.40 bits per heavy atom. The molecule has 0 fully saturated rings. The summed E-state index contributed by atoms with van der Waals surface area (Å²) in [7, 11) is 0. The fourth-order valence-corrected chi connectivity index (χ4v) is 1.13. The van der Waals surface area contributed by atoms with E-state index in [0.717, 1.165) is 9.26 Å². The molecular formula is C7H7ClIN. The van der Waals surface area contributed by atoms with Gasteiger partial charge in [-0.3, -0.25) is 0 Å². The first-order valence-electron chi connectivity index (χ1n) is 2.91. The minimum Gasteiger partial charge on any atom is -0.250 e. The van der Waals surface area contributed by atoms with Gasteiger partial charge in [0.25, 0.3) is 0 Å². The summed E-state index contributed by atoms with van der Waals surface area (Å²) in [6, 6.07) is 2.06. The number of hydrogen-bond donors (Lipinski definition) is 0. The minimum absolute atomic E-state index is 0.546. The van der Waals surface area contributed by atoms with E-state index in [1.54, 1.807) is 0 Å². The lowest BCUT2D eigenvalue weighted by molar-refractivity contribution is 1.16. The molecule has 1 heterocycles. The molecule has 0 N–H and O–H groups in total. The Bertz CT molecular complexity index is 237. The van der Waals surface area contributed by atoms with Gasteiger partial charge in [0, 0.05) is 12.1 Å². The Labute approximate surface area is 78.9 Å². The van der Waals surface area contributed by atoms with Gasteiger partial charge in [0.2, 0.25) is 0 Å². The topological polar surface area (TPSA) is 12.9 Å². The third-order valence-electron chi connectivity index (χ3n) is 1.23. The van der Waals surface area contributed by atoms with Crippen molar-refractivity contribution in [2.75, 3.05) is 0 Å². The molecule has 1 aromatic rings. The molecule has 0 unspecified atom stereocenters. The van der Waals surface area contributed by atoms with E-state index in [2.05, 4.69) is 33.6 Å².